The van der Waals surface area contributed by atoms with E-state index in [0.717, 1.165) is 28.5 Å². The van der Waals surface area contributed by atoms with Crippen molar-refractivity contribution in [2.45, 2.75) is 6.42 Å². The molecule has 0 aliphatic heterocycles. The average Bonchev–Trinajstić information content (AvgIpc) is 3.31. The highest BCUT2D eigenvalue weighted by Gasteiger charge is 2.13. The van der Waals surface area contributed by atoms with E-state index in [1.54, 1.807) is 36.8 Å². The van der Waals surface area contributed by atoms with Gasteiger partial charge in [-0.2, -0.15) is 5.10 Å². The molecule has 124 valence electrons. The van der Waals surface area contributed by atoms with Gasteiger partial charge in [0.15, 0.2) is 11.5 Å². The van der Waals surface area contributed by atoms with Crippen molar-refractivity contribution in [1.29, 1.82) is 0 Å². The van der Waals surface area contributed by atoms with Crippen molar-refractivity contribution in [2.75, 3.05) is 6.54 Å². The molecule has 2 N–H and O–H groups in total. The summed E-state index contributed by atoms with van der Waals surface area (Å²) in [6, 6.07) is 11.3. The van der Waals surface area contributed by atoms with Crippen molar-refractivity contribution in [3.8, 4) is 11.3 Å². The Kier molecular flexibility index (Phi) is 3.96. The van der Waals surface area contributed by atoms with Crippen LogP contribution in [0.3, 0.4) is 0 Å². The first kappa shape index (κ1) is 15.1. The lowest BCUT2D eigenvalue weighted by molar-refractivity contribution is 0.0945. The molecular formula is C18H15N5O2. The van der Waals surface area contributed by atoms with Gasteiger partial charge in [0.2, 0.25) is 0 Å². The number of pyridine rings is 1. The summed E-state index contributed by atoms with van der Waals surface area (Å²) in [6.07, 6.45) is 5.82. The van der Waals surface area contributed by atoms with Crippen LogP contribution in [0.5, 0.6) is 0 Å². The van der Waals surface area contributed by atoms with Gasteiger partial charge in [0.05, 0.1) is 11.7 Å². The molecule has 0 fully saturated rings. The highest BCUT2D eigenvalue weighted by molar-refractivity contribution is 5.93. The van der Waals surface area contributed by atoms with Gasteiger partial charge in [-0.3, -0.25) is 14.9 Å². The molecule has 0 saturated carbocycles. The summed E-state index contributed by atoms with van der Waals surface area (Å²) in [7, 11) is 0. The lowest BCUT2D eigenvalue weighted by Gasteiger charge is -2.03. The van der Waals surface area contributed by atoms with E-state index in [1.165, 1.54) is 0 Å². The second-order valence-corrected chi connectivity index (χ2v) is 5.61. The number of aromatic nitrogens is 4. The summed E-state index contributed by atoms with van der Waals surface area (Å²) < 4.78 is 5.23. The molecule has 0 saturated heterocycles. The van der Waals surface area contributed by atoms with Crippen LogP contribution in [-0.4, -0.2) is 32.8 Å². The van der Waals surface area contributed by atoms with Gasteiger partial charge in [0.25, 0.3) is 5.91 Å². The van der Waals surface area contributed by atoms with Crippen molar-refractivity contribution < 1.29 is 9.32 Å². The Bertz CT molecular complexity index is 1010. The van der Waals surface area contributed by atoms with Crippen LogP contribution in [0.1, 0.15) is 16.1 Å². The molecule has 7 heteroatoms. The number of rotatable bonds is 5. The minimum absolute atomic E-state index is 0.258. The Balaban J connectivity index is 1.36. The number of hydrogen-bond donors (Lipinski definition) is 2. The Labute approximate surface area is 143 Å². The van der Waals surface area contributed by atoms with Crippen LogP contribution in [0, 0.1) is 0 Å². The highest BCUT2D eigenvalue weighted by atomic mass is 16.5. The van der Waals surface area contributed by atoms with Crippen LogP contribution in [-0.2, 0) is 6.42 Å². The number of benzene rings is 1. The van der Waals surface area contributed by atoms with E-state index in [1.807, 2.05) is 18.2 Å². The first-order valence-electron chi connectivity index (χ1n) is 7.87. The Morgan fingerprint density at radius 3 is 2.92 bits per heavy atom. The van der Waals surface area contributed by atoms with Crippen molar-refractivity contribution in [3.05, 3.63) is 66.2 Å². The average molecular weight is 333 g/mol. The maximum absolute atomic E-state index is 12.2. The number of H-pyrrole nitrogens is 1. The molecule has 4 aromatic rings. The zero-order chi connectivity index (χ0) is 17.1. The summed E-state index contributed by atoms with van der Waals surface area (Å²) in [4.78, 5) is 16.1. The van der Waals surface area contributed by atoms with Crippen molar-refractivity contribution in [3.63, 3.8) is 0 Å². The molecule has 0 spiro atoms. The van der Waals surface area contributed by atoms with Crippen molar-refractivity contribution in [1.82, 2.24) is 25.7 Å². The quantitative estimate of drug-likeness (QED) is 0.585. The van der Waals surface area contributed by atoms with Gasteiger partial charge in [-0.25, -0.2) is 0 Å². The molecule has 0 radical (unpaired) electrons. The number of hydrogen-bond acceptors (Lipinski definition) is 5. The van der Waals surface area contributed by atoms with E-state index >= 15 is 0 Å². The predicted molar refractivity (Wildman–Crippen MR) is 91.9 cm³/mol. The van der Waals surface area contributed by atoms with E-state index in [-0.39, 0.29) is 11.6 Å². The monoisotopic (exact) mass is 333 g/mol. The minimum Gasteiger partial charge on any atom is -0.355 e. The second-order valence-electron chi connectivity index (χ2n) is 5.61. The van der Waals surface area contributed by atoms with Crippen LogP contribution in [0.2, 0.25) is 0 Å². The molecule has 3 heterocycles. The standard InChI is InChI=1S/C18H15N5O2/c24-18(16-10-17(25-23-16)13-4-6-19-7-5-13)20-8-3-12-1-2-14-11-21-22-15(14)9-12/h1-2,4-7,9-11H,3,8H2,(H,20,24)(H,21,22). The highest BCUT2D eigenvalue weighted by Crippen LogP contribution is 2.19. The fourth-order valence-electron chi connectivity index (χ4n) is 2.59. The zero-order valence-electron chi connectivity index (χ0n) is 13.3. The molecular weight excluding hydrogens is 318 g/mol. The molecule has 1 amide bonds. The van der Waals surface area contributed by atoms with Crippen LogP contribution >= 0.6 is 0 Å². The SMILES string of the molecule is O=C(NCCc1ccc2cn[nH]c2c1)c1cc(-c2ccncc2)on1. The molecule has 3 aromatic heterocycles. The van der Waals surface area contributed by atoms with E-state index in [0.29, 0.717) is 12.3 Å². The number of nitrogens with one attached hydrogen (secondary N) is 2. The molecule has 4 rings (SSSR count). The largest absolute Gasteiger partial charge is 0.355 e. The van der Waals surface area contributed by atoms with Gasteiger partial charge < -0.3 is 9.84 Å². The van der Waals surface area contributed by atoms with E-state index in [4.69, 9.17) is 4.52 Å². The third kappa shape index (κ3) is 3.25. The smallest absolute Gasteiger partial charge is 0.273 e. The number of amides is 1. The molecule has 0 atom stereocenters. The van der Waals surface area contributed by atoms with Gasteiger partial charge in [-0.05, 0) is 30.2 Å². The molecule has 7 nitrogen and oxygen atoms in total. The molecule has 0 aliphatic carbocycles. The summed E-state index contributed by atoms with van der Waals surface area (Å²) in [5.74, 6) is 0.281. The fourth-order valence-corrected chi connectivity index (χ4v) is 2.59. The maximum atomic E-state index is 12.2. The van der Waals surface area contributed by atoms with Crippen LogP contribution in [0.4, 0.5) is 0 Å². The Morgan fingerprint density at radius 1 is 1.16 bits per heavy atom. The zero-order valence-corrected chi connectivity index (χ0v) is 13.3. The van der Waals surface area contributed by atoms with Crippen LogP contribution < -0.4 is 5.32 Å². The van der Waals surface area contributed by atoms with E-state index in [9.17, 15) is 4.79 Å². The van der Waals surface area contributed by atoms with Gasteiger partial charge >= 0.3 is 0 Å². The third-order valence-corrected chi connectivity index (χ3v) is 3.91. The first-order valence-corrected chi connectivity index (χ1v) is 7.87. The van der Waals surface area contributed by atoms with Gasteiger partial charge in [-0.15, -0.1) is 0 Å². The summed E-state index contributed by atoms with van der Waals surface area (Å²) in [6.45, 7) is 0.510. The van der Waals surface area contributed by atoms with Crippen LogP contribution in [0.15, 0.2) is 59.5 Å². The summed E-state index contributed by atoms with van der Waals surface area (Å²) in [5.41, 5.74) is 3.20. The Morgan fingerprint density at radius 2 is 2.04 bits per heavy atom. The number of carbonyl (C=O) groups is 1. The summed E-state index contributed by atoms with van der Waals surface area (Å²) in [5, 5.41) is 14.7. The van der Waals surface area contributed by atoms with Crippen molar-refractivity contribution >= 4 is 16.8 Å². The normalized spacial score (nSPS) is 10.9. The maximum Gasteiger partial charge on any atom is 0.273 e. The topological polar surface area (TPSA) is 96.7 Å². The first-order chi connectivity index (χ1) is 12.3. The summed E-state index contributed by atoms with van der Waals surface area (Å²) >= 11 is 0. The van der Waals surface area contributed by atoms with Gasteiger partial charge in [0.1, 0.15) is 0 Å². The molecule has 25 heavy (non-hydrogen) atoms. The fraction of sp³-hybridized carbons (Fsp3) is 0.111. The van der Waals surface area contributed by atoms with Crippen LogP contribution in [0.25, 0.3) is 22.2 Å². The van der Waals surface area contributed by atoms with Crippen molar-refractivity contribution in [2.24, 2.45) is 0 Å². The van der Waals surface area contributed by atoms with Gasteiger partial charge in [0, 0.05) is 36.0 Å². The predicted octanol–water partition coefficient (Wildman–Crippen LogP) is 2.59. The van der Waals surface area contributed by atoms with E-state index in [2.05, 4.69) is 25.7 Å². The lowest BCUT2D eigenvalue weighted by Crippen LogP contribution is -2.25. The molecule has 0 bridgehead atoms. The number of carbonyl (C=O) groups excluding carboxylic acids is 1. The number of aromatic amines is 1. The molecule has 0 unspecified atom stereocenters. The third-order valence-electron chi connectivity index (χ3n) is 3.91. The molecule has 1 aromatic carbocycles. The lowest BCUT2D eigenvalue weighted by atomic mass is 10.1. The van der Waals surface area contributed by atoms with Gasteiger partial charge in [-0.1, -0.05) is 17.3 Å². The second kappa shape index (κ2) is 6.56. The number of fused-ring (bicyclic) bond motifs is 1. The number of nitrogens with zero attached hydrogens (tertiary/aromatic N) is 3. The van der Waals surface area contributed by atoms with E-state index < -0.39 is 0 Å². The minimum atomic E-state index is -0.258. The molecule has 0 aliphatic rings. The Hall–Kier alpha value is -3.48.